The quantitative estimate of drug-likeness (QED) is 0.720. The van der Waals surface area contributed by atoms with E-state index in [4.69, 9.17) is 0 Å². The molecule has 138 valence electrons. The summed E-state index contributed by atoms with van der Waals surface area (Å²) in [5, 5.41) is 0. The van der Waals surface area contributed by atoms with Gasteiger partial charge < -0.3 is 9.80 Å². The fraction of sp³-hybridized carbons (Fsp3) is 0.900. The zero-order chi connectivity index (χ0) is 17.7. The molecule has 4 nitrogen and oxygen atoms in total. The molecule has 0 unspecified atom stereocenters. The molecule has 2 amide bonds. The topological polar surface area (TPSA) is 40.6 Å². The number of unbranched alkanes of at least 4 members (excludes halogenated alkanes) is 1. The highest BCUT2D eigenvalue weighted by Crippen LogP contribution is 2.23. The molecule has 0 aromatic rings. The molecule has 2 aliphatic rings. The molecule has 4 atom stereocenters. The van der Waals surface area contributed by atoms with Gasteiger partial charge in [-0.3, -0.25) is 9.59 Å². The van der Waals surface area contributed by atoms with E-state index in [1.807, 2.05) is 9.80 Å². The molecule has 0 aromatic heterocycles. The maximum Gasteiger partial charge on any atom is 0.222 e. The van der Waals surface area contributed by atoms with Crippen LogP contribution in [0.1, 0.15) is 66.2 Å². The van der Waals surface area contributed by atoms with Gasteiger partial charge in [-0.05, 0) is 49.4 Å². The molecule has 2 fully saturated rings. The van der Waals surface area contributed by atoms with Gasteiger partial charge in [-0.2, -0.15) is 0 Å². The Kier molecular flexibility index (Phi) is 7.12. The summed E-state index contributed by atoms with van der Waals surface area (Å²) in [5.41, 5.74) is 0. The van der Waals surface area contributed by atoms with Crippen molar-refractivity contribution < 1.29 is 9.59 Å². The molecule has 0 radical (unpaired) electrons. The lowest BCUT2D eigenvalue weighted by molar-refractivity contribution is -0.135. The van der Waals surface area contributed by atoms with E-state index in [0.717, 1.165) is 39.0 Å². The standard InChI is InChI=1S/C20H36N2O2/c1-15-9-16(2)12-21(11-15)19(23)7-5-6-8-20(24)22-13-17(3)10-18(4)14-22/h15-18H,5-14H2,1-4H3/t15-,16-,17-,18+/m0/s1. The first-order valence-corrected chi connectivity index (χ1v) is 9.90. The zero-order valence-corrected chi connectivity index (χ0v) is 16.1. The van der Waals surface area contributed by atoms with Crippen molar-refractivity contribution in [1.82, 2.24) is 9.80 Å². The minimum absolute atomic E-state index is 0.279. The number of likely N-dealkylation sites (tertiary alicyclic amines) is 2. The van der Waals surface area contributed by atoms with Crippen LogP contribution in [0.4, 0.5) is 0 Å². The van der Waals surface area contributed by atoms with E-state index >= 15 is 0 Å². The third kappa shape index (κ3) is 5.78. The molecule has 2 aliphatic heterocycles. The average molecular weight is 337 g/mol. The van der Waals surface area contributed by atoms with Gasteiger partial charge >= 0.3 is 0 Å². The Balaban J connectivity index is 1.65. The van der Waals surface area contributed by atoms with Crippen molar-refractivity contribution in [2.45, 2.75) is 66.2 Å². The van der Waals surface area contributed by atoms with E-state index < -0.39 is 0 Å². The first-order valence-electron chi connectivity index (χ1n) is 9.90. The number of rotatable bonds is 5. The Morgan fingerprint density at radius 2 is 0.958 bits per heavy atom. The van der Waals surface area contributed by atoms with Crippen LogP contribution < -0.4 is 0 Å². The monoisotopic (exact) mass is 336 g/mol. The highest BCUT2D eigenvalue weighted by molar-refractivity contribution is 5.77. The molecule has 2 heterocycles. The molecule has 0 aliphatic carbocycles. The number of hydrogen-bond acceptors (Lipinski definition) is 2. The van der Waals surface area contributed by atoms with Crippen LogP contribution in [0.3, 0.4) is 0 Å². The van der Waals surface area contributed by atoms with Gasteiger partial charge in [0.05, 0.1) is 0 Å². The highest BCUT2D eigenvalue weighted by atomic mass is 16.2. The predicted octanol–water partition coefficient (Wildman–Crippen LogP) is 3.56. The number of piperidine rings is 2. The van der Waals surface area contributed by atoms with Crippen LogP contribution in [0.2, 0.25) is 0 Å². The lowest BCUT2D eigenvalue weighted by Crippen LogP contribution is -2.43. The second kappa shape index (κ2) is 8.87. The maximum atomic E-state index is 12.4. The number of nitrogens with zero attached hydrogens (tertiary/aromatic N) is 2. The van der Waals surface area contributed by atoms with E-state index in [0.29, 0.717) is 36.5 Å². The molecule has 0 saturated carbocycles. The Hall–Kier alpha value is -1.06. The molecule has 0 bridgehead atoms. The molecular formula is C20H36N2O2. The summed E-state index contributed by atoms with van der Waals surface area (Å²) in [5.74, 6) is 3.01. The first-order chi connectivity index (χ1) is 11.3. The van der Waals surface area contributed by atoms with Crippen molar-refractivity contribution in [1.29, 1.82) is 0 Å². The third-order valence-corrected chi connectivity index (χ3v) is 5.47. The SMILES string of the molecule is C[C@@H]1C[C@H](C)CN(C(=O)CCCCC(=O)N2C[C@@H](C)C[C@H](C)C2)C1. The predicted molar refractivity (Wildman–Crippen MR) is 97.5 cm³/mol. The Labute approximate surface area is 148 Å². The van der Waals surface area contributed by atoms with Gasteiger partial charge in [0, 0.05) is 39.0 Å². The summed E-state index contributed by atoms with van der Waals surface area (Å²) in [4.78, 5) is 28.8. The molecule has 2 saturated heterocycles. The molecule has 2 rings (SSSR count). The van der Waals surface area contributed by atoms with Crippen molar-refractivity contribution in [2.24, 2.45) is 23.7 Å². The van der Waals surface area contributed by atoms with Crippen LogP contribution in [-0.2, 0) is 9.59 Å². The molecule has 4 heteroatoms. The van der Waals surface area contributed by atoms with Crippen molar-refractivity contribution >= 4 is 11.8 Å². The fourth-order valence-electron chi connectivity index (χ4n) is 4.60. The van der Waals surface area contributed by atoms with Crippen LogP contribution in [0.15, 0.2) is 0 Å². The lowest BCUT2D eigenvalue weighted by Gasteiger charge is -2.35. The second-order valence-corrected chi connectivity index (χ2v) is 8.70. The molecule has 0 N–H and O–H groups in total. The summed E-state index contributed by atoms with van der Waals surface area (Å²) in [7, 11) is 0. The summed E-state index contributed by atoms with van der Waals surface area (Å²) in [6, 6.07) is 0. The fourth-order valence-corrected chi connectivity index (χ4v) is 4.60. The summed E-state index contributed by atoms with van der Waals surface area (Å²) in [6.07, 6.45) is 5.32. The Morgan fingerprint density at radius 3 is 1.25 bits per heavy atom. The lowest BCUT2D eigenvalue weighted by atomic mass is 9.91. The van der Waals surface area contributed by atoms with Gasteiger partial charge in [0.15, 0.2) is 0 Å². The van der Waals surface area contributed by atoms with E-state index in [2.05, 4.69) is 27.7 Å². The van der Waals surface area contributed by atoms with Crippen LogP contribution in [-0.4, -0.2) is 47.8 Å². The van der Waals surface area contributed by atoms with Crippen molar-refractivity contribution in [3.63, 3.8) is 0 Å². The normalized spacial score (nSPS) is 31.2. The number of hydrogen-bond donors (Lipinski definition) is 0. The van der Waals surface area contributed by atoms with Crippen LogP contribution >= 0.6 is 0 Å². The van der Waals surface area contributed by atoms with Crippen molar-refractivity contribution in [3.8, 4) is 0 Å². The minimum atomic E-state index is 0.279. The molecule has 0 spiro atoms. The summed E-state index contributed by atoms with van der Waals surface area (Å²) < 4.78 is 0. The van der Waals surface area contributed by atoms with E-state index in [-0.39, 0.29) is 11.8 Å². The third-order valence-electron chi connectivity index (χ3n) is 5.47. The van der Waals surface area contributed by atoms with Crippen LogP contribution in [0.25, 0.3) is 0 Å². The van der Waals surface area contributed by atoms with Crippen molar-refractivity contribution in [3.05, 3.63) is 0 Å². The molecule has 0 aromatic carbocycles. The molecular weight excluding hydrogens is 300 g/mol. The maximum absolute atomic E-state index is 12.4. The van der Waals surface area contributed by atoms with E-state index in [1.54, 1.807) is 0 Å². The van der Waals surface area contributed by atoms with Crippen molar-refractivity contribution in [2.75, 3.05) is 26.2 Å². The van der Waals surface area contributed by atoms with E-state index in [1.165, 1.54) is 12.8 Å². The molecule has 24 heavy (non-hydrogen) atoms. The Bertz CT molecular complexity index is 377. The van der Waals surface area contributed by atoms with Gasteiger partial charge in [0.2, 0.25) is 11.8 Å². The minimum Gasteiger partial charge on any atom is -0.342 e. The highest BCUT2D eigenvalue weighted by Gasteiger charge is 2.26. The smallest absolute Gasteiger partial charge is 0.222 e. The van der Waals surface area contributed by atoms with E-state index in [9.17, 15) is 9.59 Å². The van der Waals surface area contributed by atoms with Gasteiger partial charge in [0.1, 0.15) is 0 Å². The van der Waals surface area contributed by atoms with Gasteiger partial charge in [0.25, 0.3) is 0 Å². The second-order valence-electron chi connectivity index (χ2n) is 8.70. The van der Waals surface area contributed by atoms with Crippen LogP contribution in [0, 0.1) is 23.7 Å². The van der Waals surface area contributed by atoms with Gasteiger partial charge in [-0.1, -0.05) is 27.7 Å². The summed E-state index contributed by atoms with van der Waals surface area (Å²) >= 11 is 0. The average Bonchev–Trinajstić information content (AvgIpc) is 2.49. The largest absolute Gasteiger partial charge is 0.342 e. The van der Waals surface area contributed by atoms with Crippen LogP contribution in [0.5, 0.6) is 0 Å². The zero-order valence-electron chi connectivity index (χ0n) is 16.1. The number of carbonyl (C=O) groups excluding carboxylic acids is 2. The number of carbonyl (C=O) groups is 2. The first kappa shape index (κ1) is 19.3. The van der Waals surface area contributed by atoms with Gasteiger partial charge in [-0.25, -0.2) is 0 Å². The Morgan fingerprint density at radius 1 is 0.667 bits per heavy atom. The summed E-state index contributed by atoms with van der Waals surface area (Å²) in [6.45, 7) is 12.6. The number of amides is 2. The van der Waals surface area contributed by atoms with Gasteiger partial charge in [-0.15, -0.1) is 0 Å².